The van der Waals surface area contributed by atoms with Gasteiger partial charge in [-0.25, -0.2) is 4.99 Å². The van der Waals surface area contributed by atoms with E-state index >= 15 is 0 Å². The lowest BCUT2D eigenvalue weighted by Gasteiger charge is -2.15. The van der Waals surface area contributed by atoms with Gasteiger partial charge in [-0.15, -0.1) is 35.3 Å². The molecule has 156 valence electrons. The van der Waals surface area contributed by atoms with Crippen LogP contribution in [-0.2, 0) is 6.54 Å². The summed E-state index contributed by atoms with van der Waals surface area (Å²) in [4.78, 5) is 6.03. The lowest BCUT2D eigenvalue weighted by atomic mass is 10.1. The molecule has 1 unspecified atom stereocenters. The molecule has 8 heteroatoms. The molecule has 2 aromatic rings. The van der Waals surface area contributed by atoms with Gasteiger partial charge in [-0.2, -0.15) is 0 Å². The van der Waals surface area contributed by atoms with E-state index in [1.54, 1.807) is 18.4 Å². The van der Waals surface area contributed by atoms with E-state index in [9.17, 15) is 0 Å². The zero-order chi connectivity index (χ0) is 19.5. The van der Waals surface area contributed by atoms with Crippen LogP contribution in [0.5, 0.6) is 11.5 Å². The Morgan fingerprint density at radius 3 is 2.71 bits per heavy atom. The summed E-state index contributed by atoms with van der Waals surface area (Å²) in [6, 6.07) is 9.95. The summed E-state index contributed by atoms with van der Waals surface area (Å²) in [7, 11) is 1.60. The van der Waals surface area contributed by atoms with Gasteiger partial charge in [-0.1, -0.05) is 19.1 Å². The third kappa shape index (κ3) is 7.84. The number of ether oxygens (including phenoxy) is 2. The quantitative estimate of drug-likeness (QED) is 0.254. The fourth-order valence-corrected chi connectivity index (χ4v) is 3.31. The molecule has 0 radical (unpaired) electrons. The van der Waals surface area contributed by atoms with Gasteiger partial charge in [-0.05, 0) is 36.1 Å². The normalized spacial score (nSPS) is 12.1. The Balaban J connectivity index is 0.00000392. The number of hydrogen-bond donors (Lipinski definition) is 3. The lowest BCUT2D eigenvalue weighted by molar-refractivity contribution is 0.196. The standard InChI is InChI=1S/C20H29N3O3S.HI/c1-4-21-20(22-13-15(2)19-6-5-11-27-19)23-14-16-7-8-17(26-10-9-24)18(12-16)25-3;/h5-8,11-12,15,24H,4,9-10,13-14H2,1-3H3,(H2,21,22,23);1H. The molecule has 0 aliphatic carbocycles. The molecular formula is C20H30IN3O3S. The molecule has 0 amide bonds. The second-order valence-corrected chi connectivity index (χ2v) is 7.03. The molecular weight excluding hydrogens is 489 g/mol. The summed E-state index contributed by atoms with van der Waals surface area (Å²) in [5.74, 6) is 2.48. The number of aliphatic hydroxyl groups excluding tert-OH is 1. The van der Waals surface area contributed by atoms with Crippen LogP contribution in [0.1, 0.15) is 30.2 Å². The fraction of sp³-hybridized carbons (Fsp3) is 0.450. The van der Waals surface area contributed by atoms with Gasteiger partial charge in [0.15, 0.2) is 17.5 Å². The van der Waals surface area contributed by atoms with E-state index in [1.165, 1.54) is 4.88 Å². The van der Waals surface area contributed by atoms with Gasteiger partial charge < -0.3 is 25.2 Å². The zero-order valence-electron chi connectivity index (χ0n) is 16.6. The number of aliphatic imine (C=N–C) groups is 1. The molecule has 0 aliphatic rings. The van der Waals surface area contributed by atoms with Crippen molar-refractivity contribution < 1.29 is 14.6 Å². The van der Waals surface area contributed by atoms with Gasteiger partial charge in [0.2, 0.25) is 0 Å². The molecule has 0 spiro atoms. The van der Waals surface area contributed by atoms with Crippen molar-refractivity contribution in [2.75, 3.05) is 33.4 Å². The minimum absolute atomic E-state index is 0. The van der Waals surface area contributed by atoms with Crippen LogP contribution in [0.2, 0.25) is 0 Å². The average molecular weight is 519 g/mol. The first kappa shape index (κ1) is 24.5. The number of benzene rings is 1. The van der Waals surface area contributed by atoms with Gasteiger partial charge in [0.1, 0.15) is 6.61 Å². The van der Waals surface area contributed by atoms with Gasteiger partial charge in [0.05, 0.1) is 20.3 Å². The molecule has 1 atom stereocenters. The van der Waals surface area contributed by atoms with E-state index in [2.05, 4.69) is 47.0 Å². The van der Waals surface area contributed by atoms with Crippen LogP contribution >= 0.6 is 35.3 Å². The van der Waals surface area contributed by atoms with Gasteiger partial charge in [0, 0.05) is 23.9 Å². The highest BCUT2D eigenvalue weighted by Crippen LogP contribution is 2.28. The molecule has 1 aromatic heterocycles. The largest absolute Gasteiger partial charge is 0.493 e. The molecule has 0 aliphatic heterocycles. The van der Waals surface area contributed by atoms with E-state index in [1.807, 2.05) is 18.2 Å². The molecule has 0 fully saturated rings. The van der Waals surface area contributed by atoms with Crippen LogP contribution in [0.4, 0.5) is 0 Å². The van der Waals surface area contributed by atoms with Crippen LogP contribution in [0, 0.1) is 0 Å². The Labute approximate surface area is 188 Å². The smallest absolute Gasteiger partial charge is 0.191 e. The molecule has 1 heterocycles. The zero-order valence-corrected chi connectivity index (χ0v) is 19.8. The number of hydrogen-bond acceptors (Lipinski definition) is 5. The molecule has 3 N–H and O–H groups in total. The molecule has 2 rings (SSSR count). The Hall–Kier alpha value is -1.52. The van der Waals surface area contributed by atoms with E-state index in [4.69, 9.17) is 14.6 Å². The molecule has 28 heavy (non-hydrogen) atoms. The first-order chi connectivity index (χ1) is 13.2. The van der Waals surface area contributed by atoms with Crippen LogP contribution in [-0.4, -0.2) is 44.5 Å². The number of nitrogens with one attached hydrogen (secondary N) is 2. The monoisotopic (exact) mass is 519 g/mol. The molecule has 0 saturated heterocycles. The summed E-state index contributed by atoms with van der Waals surface area (Å²) in [6.07, 6.45) is 0. The Kier molecular flexibility index (Phi) is 11.9. The number of rotatable bonds is 10. The van der Waals surface area contributed by atoms with Crippen molar-refractivity contribution in [3.05, 3.63) is 46.2 Å². The second kappa shape index (κ2) is 13.6. The predicted octanol–water partition coefficient (Wildman–Crippen LogP) is 3.60. The number of halogens is 1. The van der Waals surface area contributed by atoms with Crippen LogP contribution < -0.4 is 20.1 Å². The number of nitrogens with zero attached hydrogens (tertiary/aromatic N) is 1. The van der Waals surface area contributed by atoms with Crippen molar-refractivity contribution in [3.63, 3.8) is 0 Å². The third-order valence-corrected chi connectivity index (χ3v) is 5.05. The minimum atomic E-state index is -0.0309. The lowest BCUT2D eigenvalue weighted by Crippen LogP contribution is -2.39. The SMILES string of the molecule is CCNC(=NCc1ccc(OCCO)c(OC)c1)NCC(C)c1cccs1.I. The third-order valence-electron chi connectivity index (χ3n) is 3.95. The van der Waals surface area contributed by atoms with Crippen molar-refractivity contribution >= 4 is 41.3 Å². The summed E-state index contributed by atoms with van der Waals surface area (Å²) in [5.41, 5.74) is 1.02. The number of methoxy groups -OCH3 is 1. The van der Waals surface area contributed by atoms with Crippen molar-refractivity contribution in [3.8, 4) is 11.5 Å². The molecule has 1 aromatic carbocycles. The topological polar surface area (TPSA) is 75.1 Å². The number of thiophene rings is 1. The second-order valence-electron chi connectivity index (χ2n) is 6.05. The number of aliphatic hydroxyl groups is 1. The molecule has 0 saturated carbocycles. The van der Waals surface area contributed by atoms with Gasteiger partial charge in [0.25, 0.3) is 0 Å². The summed E-state index contributed by atoms with van der Waals surface area (Å²) < 4.78 is 10.8. The summed E-state index contributed by atoms with van der Waals surface area (Å²) >= 11 is 1.78. The molecule has 6 nitrogen and oxygen atoms in total. The van der Waals surface area contributed by atoms with Crippen LogP contribution in [0.25, 0.3) is 0 Å². The maximum Gasteiger partial charge on any atom is 0.191 e. The van der Waals surface area contributed by atoms with Crippen molar-refractivity contribution in [2.24, 2.45) is 4.99 Å². The highest BCUT2D eigenvalue weighted by molar-refractivity contribution is 14.0. The van der Waals surface area contributed by atoms with Crippen LogP contribution in [0.3, 0.4) is 0 Å². The Morgan fingerprint density at radius 2 is 2.07 bits per heavy atom. The van der Waals surface area contributed by atoms with Gasteiger partial charge >= 0.3 is 0 Å². The highest BCUT2D eigenvalue weighted by atomic mass is 127. The van der Waals surface area contributed by atoms with Crippen molar-refractivity contribution in [1.29, 1.82) is 0 Å². The van der Waals surface area contributed by atoms with E-state index < -0.39 is 0 Å². The van der Waals surface area contributed by atoms with E-state index in [-0.39, 0.29) is 37.2 Å². The van der Waals surface area contributed by atoms with Crippen molar-refractivity contribution in [1.82, 2.24) is 10.6 Å². The first-order valence-corrected chi connectivity index (χ1v) is 10.0. The maximum absolute atomic E-state index is 8.89. The number of guanidine groups is 1. The Bertz CT molecular complexity index is 711. The van der Waals surface area contributed by atoms with E-state index in [0.29, 0.717) is 24.0 Å². The Morgan fingerprint density at radius 1 is 1.25 bits per heavy atom. The maximum atomic E-state index is 8.89. The first-order valence-electron chi connectivity index (χ1n) is 9.14. The van der Waals surface area contributed by atoms with Crippen LogP contribution in [0.15, 0.2) is 40.7 Å². The highest BCUT2D eigenvalue weighted by Gasteiger charge is 2.08. The fourth-order valence-electron chi connectivity index (χ4n) is 2.52. The summed E-state index contributed by atoms with van der Waals surface area (Å²) in [6.45, 7) is 6.62. The minimum Gasteiger partial charge on any atom is -0.493 e. The predicted molar refractivity (Wildman–Crippen MR) is 127 cm³/mol. The summed E-state index contributed by atoms with van der Waals surface area (Å²) in [5, 5.41) is 17.7. The van der Waals surface area contributed by atoms with Crippen molar-refractivity contribution in [2.45, 2.75) is 26.3 Å². The average Bonchev–Trinajstić information content (AvgIpc) is 3.23. The molecule has 0 bridgehead atoms. The van der Waals surface area contributed by atoms with Gasteiger partial charge in [-0.3, -0.25) is 0 Å². The van der Waals surface area contributed by atoms with E-state index in [0.717, 1.165) is 24.6 Å².